The minimum atomic E-state index is -0.670. The molecule has 0 aliphatic heterocycles. The summed E-state index contributed by atoms with van der Waals surface area (Å²) in [6.45, 7) is 3.23. The molecule has 0 aliphatic carbocycles. The largest absolute Gasteiger partial charge is 0.467 e. The Hall–Kier alpha value is -1.46. The molecular formula is C33H64N3O6S2+. The first kappa shape index (κ1) is 42.5. The summed E-state index contributed by atoms with van der Waals surface area (Å²) >= 11 is 0. The van der Waals surface area contributed by atoms with E-state index in [1.165, 1.54) is 84.8 Å². The van der Waals surface area contributed by atoms with Gasteiger partial charge >= 0.3 is 11.9 Å². The zero-order chi connectivity index (χ0) is 32.7. The SMILES string of the molecule is CCCCCCCCCCCC(=O)NC(CCSSCCC(NC(=O)CCCCCCCCCC[NH3+])C(=O)OC)C(=O)OC. The number of esters is 2. The normalized spacial score (nSPS) is 12.4. The van der Waals surface area contributed by atoms with E-state index in [-0.39, 0.29) is 11.8 Å². The monoisotopic (exact) mass is 662 g/mol. The van der Waals surface area contributed by atoms with Crippen LogP contribution in [0.25, 0.3) is 0 Å². The smallest absolute Gasteiger partial charge is 0.328 e. The average Bonchev–Trinajstić information content (AvgIpc) is 3.02. The molecule has 2 unspecified atom stereocenters. The highest BCUT2D eigenvalue weighted by molar-refractivity contribution is 8.76. The Kier molecular flexibility index (Phi) is 30.5. The number of rotatable bonds is 31. The van der Waals surface area contributed by atoms with Crippen molar-refractivity contribution in [3.05, 3.63) is 0 Å². The van der Waals surface area contributed by atoms with Crippen LogP contribution in [0.5, 0.6) is 0 Å². The Morgan fingerprint density at radius 1 is 0.568 bits per heavy atom. The van der Waals surface area contributed by atoms with Crippen molar-refractivity contribution in [2.75, 3.05) is 32.3 Å². The number of methoxy groups -OCH3 is 2. The molecule has 0 aromatic heterocycles. The lowest BCUT2D eigenvalue weighted by Crippen LogP contribution is -2.50. The molecular weight excluding hydrogens is 599 g/mol. The third-order valence-corrected chi connectivity index (χ3v) is 10.1. The highest BCUT2D eigenvalue weighted by atomic mass is 33.1. The molecule has 0 saturated carbocycles. The molecule has 258 valence electrons. The highest BCUT2D eigenvalue weighted by Crippen LogP contribution is 2.24. The van der Waals surface area contributed by atoms with Crippen molar-refractivity contribution in [2.24, 2.45) is 0 Å². The van der Waals surface area contributed by atoms with Crippen LogP contribution in [0.3, 0.4) is 0 Å². The molecule has 0 spiro atoms. The van der Waals surface area contributed by atoms with Gasteiger partial charge in [0.25, 0.3) is 0 Å². The molecule has 0 aromatic rings. The minimum Gasteiger partial charge on any atom is -0.467 e. The average molecular weight is 663 g/mol. The maximum atomic E-state index is 12.4. The van der Waals surface area contributed by atoms with Crippen molar-refractivity contribution in [1.29, 1.82) is 0 Å². The fraction of sp³-hybridized carbons (Fsp3) is 0.879. The molecule has 2 atom stereocenters. The van der Waals surface area contributed by atoms with Crippen molar-refractivity contribution < 1.29 is 34.4 Å². The molecule has 11 heteroatoms. The van der Waals surface area contributed by atoms with Gasteiger partial charge in [0.05, 0.1) is 20.8 Å². The Balaban J connectivity index is 4.18. The summed E-state index contributed by atoms with van der Waals surface area (Å²) in [4.78, 5) is 49.3. The number of hydrogen-bond acceptors (Lipinski definition) is 8. The molecule has 0 aromatic carbocycles. The molecule has 2 amide bonds. The molecule has 0 aliphatic rings. The van der Waals surface area contributed by atoms with Gasteiger partial charge < -0.3 is 25.8 Å². The van der Waals surface area contributed by atoms with E-state index in [0.717, 1.165) is 45.1 Å². The van der Waals surface area contributed by atoms with Crippen molar-refractivity contribution in [2.45, 2.75) is 154 Å². The first-order valence-corrected chi connectivity index (χ1v) is 19.7. The number of carbonyl (C=O) groups excluding carboxylic acids is 4. The summed E-state index contributed by atoms with van der Waals surface area (Å²) in [5.41, 5.74) is 3.87. The fourth-order valence-electron chi connectivity index (χ4n) is 4.88. The number of nitrogens with one attached hydrogen (secondary N) is 2. The third-order valence-electron chi connectivity index (χ3n) is 7.62. The Labute approximate surface area is 275 Å². The Bertz CT molecular complexity index is 684. The zero-order valence-corrected chi connectivity index (χ0v) is 29.7. The number of ether oxygens (including phenoxy) is 2. The summed E-state index contributed by atoms with van der Waals surface area (Å²) in [5.74, 6) is 0.159. The first-order chi connectivity index (χ1) is 21.4. The quantitative estimate of drug-likeness (QED) is 0.0458. The number of carbonyl (C=O) groups is 4. The van der Waals surface area contributed by atoms with Gasteiger partial charge in [-0.1, -0.05) is 112 Å². The van der Waals surface area contributed by atoms with Gasteiger partial charge in [0.2, 0.25) is 11.8 Å². The lowest BCUT2D eigenvalue weighted by Gasteiger charge is -2.17. The molecule has 0 fully saturated rings. The van der Waals surface area contributed by atoms with E-state index in [9.17, 15) is 19.2 Å². The first-order valence-electron chi connectivity index (χ1n) is 17.2. The van der Waals surface area contributed by atoms with Crippen LogP contribution < -0.4 is 16.4 Å². The second-order valence-corrected chi connectivity index (χ2v) is 14.2. The van der Waals surface area contributed by atoms with Crippen LogP contribution in [0.1, 0.15) is 142 Å². The van der Waals surface area contributed by atoms with Crippen molar-refractivity contribution in [1.82, 2.24) is 10.6 Å². The van der Waals surface area contributed by atoms with Crippen LogP contribution in [0, 0.1) is 0 Å². The van der Waals surface area contributed by atoms with Gasteiger partial charge in [-0.3, -0.25) is 9.59 Å². The van der Waals surface area contributed by atoms with E-state index in [1.807, 2.05) is 0 Å². The van der Waals surface area contributed by atoms with Crippen LogP contribution in [0.15, 0.2) is 0 Å². The number of unbranched alkanes of at least 4 members (excludes halogenated alkanes) is 15. The van der Waals surface area contributed by atoms with Crippen LogP contribution in [0.4, 0.5) is 0 Å². The summed E-state index contributed by atoms with van der Waals surface area (Å²) in [5, 5.41) is 5.67. The highest BCUT2D eigenvalue weighted by Gasteiger charge is 2.22. The van der Waals surface area contributed by atoms with Gasteiger partial charge in [-0.15, -0.1) is 0 Å². The second-order valence-electron chi connectivity index (χ2n) is 11.5. The Morgan fingerprint density at radius 2 is 0.909 bits per heavy atom. The fourth-order valence-corrected chi connectivity index (χ4v) is 7.07. The lowest BCUT2D eigenvalue weighted by molar-refractivity contribution is -0.368. The number of hydrogen-bond donors (Lipinski definition) is 3. The van der Waals surface area contributed by atoms with E-state index < -0.39 is 24.0 Å². The maximum Gasteiger partial charge on any atom is 0.328 e. The van der Waals surface area contributed by atoms with Crippen LogP contribution in [-0.2, 0) is 28.7 Å². The van der Waals surface area contributed by atoms with Gasteiger partial charge in [-0.2, -0.15) is 0 Å². The van der Waals surface area contributed by atoms with E-state index in [4.69, 9.17) is 9.47 Å². The molecule has 0 saturated heterocycles. The van der Waals surface area contributed by atoms with Gasteiger partial charge in [-0.25, -0.2) is 9.59 Å². The summed E-state index contributed by atoms with van der Waals surface area (Å²) < 4.78 is 9.79. The van der Waals surface area contributed by atoms with Gasteiger partial charge in [0.15, 0.2) is 0 Å². The van der Waals surface area contributed by atoms with Gasteiger partial charge in [0, 0.05) is 24.3 Å². The van der Waals surface area contributed by atoms with Crippen molar-refractivity contribution >= 4 is 45.3 Å². The summed E-state index contributed by atoms with van der Waals surface area (Å²) in [6, 6.07) is -1.34. The molecule has 0 radical (unpaired) electrons. The summed E-state index contributed by atoms with van der Waals surface area (Å²) in [7, 11) is 5.80. The molecule has 0 heterocycles. The van der Waals surface area contributed by atoms with Crippen LogP contribution in [-0.4, -0.2) is 68.1 Å². The van der Waals surface area contributed by atoms with Crippen molar-refractivity contribution in [3.8, 4) is 0 Å². The van der Waals surface area contributed by atoms with Crippen LogP contribution in [0.2, 0.25) is 0 Å². The maximum absolute atomic E-state index is 12.4. The predicted octanol–water partition coefficient (Wildman–Crippen LogP) is 6.14. The van der Waals surface area contributed by atoms with E-state index in [0.29, 0.717) is 37.2 Å². The topological polar surface area (TPSA) is 138 Å². The Morgan fingerprint density at radius 3 is 1.25 bits per heavy atom. The van der Waals surface area contributed by atoms with E-state index in [2.05, 4.69) is 23.3 Å². The molecule has 0 rings (SSSR count). The second kappa shape index (κ2) is 31.5. The number of amides is 2. The van der Waals surface area contributed by atoms with E-state index >= 15 is 0 Å². The molecule has 5 N–H and O–H groups in total. The zero-order valence-electron chi connectivity index (χ0n) is 28.1. The summed E-state index contributed by atoms with van der Waals surface area (Å²) in [6.07, 6.45) is 21.5. The third kappa shape index (κ3) is 25.8. The van der Waals surface area contributed by atoms with Crippen molar-refractivity contribution in [3.63, 3.8) is 0 Å². The minimum absolute atomic E-state index is 0.113. The van der Waals surface area contributed by atoms with Gasteiger partial charge in [-0.05, 0) is 38.5 Å². The van der Waals surface area contributed by atoms with E-state index in [1.54, 1.807) is 21.6 Å². The standard InChI is InChI=1S/C33H63N3O6S2/c1-4-5-6-7-8-9-12-15-18-21-30(37)35-28(32(39)41-2)23-26-43-44-27-24-29(33(40)42-3)36-31(38)22-19-16-13-10-11-14-17-20-25-34/h28-29H,4-27,34H2,1-3H3,(H,35,37)(H,36,38)/p+1. The molecule has 9 nitrogen and oxygen atoms in total. The lowest BCUT2D eigenvalue weighted by atomic mass is 10.1. The van der Waals surface area contributed by atoms with Crippen LogP contribution >= 0.6 is 21.6 Å². The number of quaternary nitrogens is 1. The molecule has 44 heavy (non-hydrogen) atoms. The predicted molar refractivity (Wildman–Crippen MR) is 183 cm³/mol. The molecule has 0 bridgehead atoms. The van der Waals surface area contributed by atoms with Gasteiger partial charge in [0.1, 0.15) is 12.1 Å².